The van der Waals surface area contributed by atoms with Crippen molar-refractivity contribution in [3.8, 4) is 5.75 Å². The Labute approximate surface area is 163 Å². The van der Waals surface area contributed by atoms with Crippen LogP contribution in [0.5, 0.6) is 5.75 Å². The van der Waals surface area contributed by atoms with Crippen LogP contribution in [0.25, 0.3) is 0 Å². The molecule has 0 aliphatic heterocycles. The monoisotopic (exact) mass is 375 g/mol. The Bertz CT molecular complexity index is 984. The minimum Gasteiger partial charge on any atom is -0.494 e. The summed E-state index contributed by atoms with van der Waals surface area (Å²) in [4.78, 5) is 28.1. The second-order valence-electron chi connectivity index (χ2n) is 6.10. The second-order valence-corrected chi connectivity index (χ2v) is 6.10. The molecule has 3 rings (SSSR count). The molecule has 2 aromatic carbocycles. The lowest BCUT2D eigenvalue weighted by molar-refractivity contribution is 0.100. The third-order valence-corrected chi connectivity index (χ3v) is 3.97. The SMILES string of the molecule is CCOc1ccc(Nc2ccnc(C(=O)Nc3cccc(C(C)=O)c3)c2)cc1. The van der Waals surface area contributed by atoms with Crippen molar-refractivity contribution in [1.82, 2.24) is 4.98 Å². The average Bonchev–Trinajstić information content (AvgIpc) is 2.70. The highest BCUT2D eigenvalue weighted by atomic mass is 16.5. The smallest absolute Gasteiger partial charge is 0.274 e. The van der Waals surface area contributed by atoms with Crippen LogP contribution in [-0.4, -0.2) is 23.3 Å². The van der Waals surface area contributed by atoms with Gasteiger partial charge in [-0.15, -0.1) is 0 Å². The number of pyridine rings is 1. The van der Waals surface area contributed by atoms with Gasteiger partial charge in [0.25, 0.3) is 5.91 Å². The molecule has 0 radical (unpaired) electrons. The van der Waals surface area contributed by atoms with Crippen molar-refractivity contribution in [3.63, 3.8) is 0 Å². The zero-order valence-electron chi connectivity index (χ0n) is 15.7. The Balaban J connectivity index is 1.70. The Morgan fingerprint density at radius 1 is 0.964 bits per heavy atom. The number of hydrogen-bond acceptors (Lipinski definition) is 5. The van der Waals surface area contributed by atoms with E-state index in [-0.39, 0.29) is 17.4 Å². The molecule has 0 bridgehead atoms. The van der Waals surface area contributed by atoms with E-state index in [1.165, 1.54) is 6.92 Å². The van der Waals surface area contributed by atoms with Gasteiger partial charge in [-0.3, -0.25) is 14.6 Å². The first-order chi connectivity index (χ1) is 13.5. The quantitative estimate of drug-likeness (QED) is 0.586. The van der Waals surface area contributed by atoms with Gasteiger partial charge in [0.05, 0.1) is 6.61 Å². The van der Waals surface area contributed by atoms with Crippen LogP contribution in [-0.2, 0) is 0 Å². The lowest BCUT2D eigenvalue weighted by Gasteiger charge is -2.10. The molecule has 2 N–H and O–H groups in total. The highest BCUT2D eigenvalue weighted by molar-refractivity contribution is 6.04. The van der Waals surface area contributed by atoms with Gasteiger partial charge in [-0.2, -0.15) is 0 Å². The summed E-state index contributed by atoms with van der Waals surface area (Å²) in [6, 6.07) is 17.8. The summed E-state index contributed by atoms with van der Waals surface area (Å²) in [7, 11) is 0. The topological polar surface area (TPSA) is 80.3 Å². The largest absolute Gasteiger partial charge is 0.494 e. The van der Waals surface area contributed by atoms with Crippen LogP contribution in [0.4, 0.5) is 17.1 Å². The maximum atomic E-state index is 12.5. The zero-order chi connectivity index (χ0) is 19.9. The Morgan fingerprint density at radius 2 is 1.75 bits per heavy atom. The van der Waals surface area contributed by atoms with Gasteiger partial charge >= 0.3 is 0 Å². The molecule has 6 heteroatoms. The number of carbonyl (C=O) groups is 2. The molecule has 3 aromatic rings. The summed E-state index contributed by atoms with van der Waals surface area (Å²) in [5.74, 6) is 0.391. The van der Waals surface area contributed by atoms with E-state index in [1.807, 2.05) is 31.2 Å². The molecule has 6 nitrogen and oxygen atoms in total. The third kappa shape index (κ3) is 4.94. The van der Waals surface area contributed by atoms with Gasteiger partial charge in [-0.1, -0.05) is 12.1 Å². The maximum absolute atomic E-state index is 12.5. The minimum absolute atomic E-state index is 0.0595. The molecule has 1 aromatic heterocycles. The van der Waals surface area contributed by atoms with E-state index in [9.17, 15) is 9.59 Å². The minimum atomic E-state index is -0.351. The first-order valence-corrected chi connectivity index (χ1v) is 8.93. The molecule has 0 unspecified atom stereocenters. The molecule has 142 valence electrons. The fourth-order valence-electron chi connectivity index (χ4n) is 2.61. The molecule has 0 spiro atoms. The molecular weight excluding hydrogens is 354 g/mol. The maximum Gasteiger partial charge on any atom is 0.274 e. The van der Waals surface area contributed by atoms with E-state index in [0.29, 0.717) is 17.9 Å². The Hall–Kier alpha value is -3.67. The Morgan fingerprint density at radius 3 is 2.46 bits per heavy atom. The molecule has 0 saturated carbocycles. The number of Topliss-reactive ketones (excluding diaryl/α,β-unsaturated/α-hetero) is 1. The van der Waals surface area contributed by atoms with Gasteiger partial charge in [0.2, 0.25) is 0 Å². The van der Waals surface area contributed by atoms with Crippen LogP contribution in [0.15, 0.2) is 66.9 Å². The number of nitrogens with zero attached hydrogens (tertiary/aromatic N) is 1. The van der Waals surface area contributed by atoms with Gasteiger partial charge in [0, 0.05) is 28.8 Å². The van der Waals surface area contributed by atoms with Gasteiger partial charge < -0.3 is 15.4 Å². The number of anilines is 3. The predicted molar refractivity (Wildman–Crippen MR) is 110 cm³/mol. The second kappa shape index (κ2) is 8.81. The molecule has 0 atom stereocenters. The lowest BCUT2D eigenvalue weighted by Crippen LogP contribution is -2.14. The Kier molecular flexibility index (Phi) is 6.01. The summed E-state index contributed by atoms with van der Waals surface area (Å²) in [6.07, 6.45) is 1.57. The first-order valence-electron chi connectivity index (χ1n) is 8.93. The van der Waals surface area contributed by atoms with Crippen LogP contribution in [0.3, 0.4) is 0 Å². The summed E-state index contributed by atoms with van der Waals surface area (Å²) in [5, 5.41) is 6.00. The number of nitrogens with one attached hydrogen (secondary N) is 2. The summed E-state index contributed by atoms with van der Waals surface area (Å²) >= 11 is 0. The summed E-state index contributed by atoms with van der Waals surface area (Å²) < 4.78 is 5.43. The molecule has 1 amide bonds. The normalized spacial score (nSPS) is 10.2. The number of aromatic nitrogens is 1. The van der Waals surface area contributed by atoms with Crippen molar-refractivity contribution in [3.05, 3.63) is 78.1 Å². The van der Waals surface area contributed by atoms with E-state index in [1.54, 1.807) is 42.6 Å². The molecule has 28 heavy (non-hydrogen) atoms. The van der Waals surface area contributed by atoms with E-state index < -0.39 is 0 Å². The molecule has 0 fully saturated rings. The van der Waals surface area contributed by atoms with Crippen molar-refractivity contribution in [2.24, 2.45) is 0 Å². The fraction of sp³-hybridized carbons (Fsp3) is 0.136. The van der Waals surface area contributed by atoms with E-state index >= 15 is 0 Å². The number of benzene rings is 2. The summed E-state index contributed by atoms with van der Waals surface area (Å²) in [6.45, 7) is 4.04. The van der Waals surface area contributed by atoms with Crippen LogP contribution in [0.1, 0.15) is 34.7 Å². The zero-order valence-corrected chi connectivity index (χ0v) is 15.7. The van der Waals surface area contributed by atoms with Gasteiger partial charge in [-0.05, 0) is 62.4 Å². The van der Waals surface area contributed by atoms with Gasteiger partial charge in [-0.25, -0.2) is 0 Å². The van der Waals surface area contributed by atoms with Crippen molar-refractivity contribution in [2.45, 2.75) is 13.8 Å². The lowest BCUT2D eigenvalue weighted by atomic mass is 10.1. The molecule has 0 aliphatic rings. The predicted octanol–water partition coefficient (Wildman–Crippen LogP) is 4.68. The first kappa shape index (κ1) is 19.1. The number of hydrogen-bond donors (Lipinski definition) is 2. The number of carbonyl (C=O) groups excluding carboxylic acids is 2. The van der Waals surface area contributed by atoms with E-state index in [2.05, 4.69) is 15.6 Å². The molecule has 1 heterocycles. The number of amides is 1. The van der Waals surface area contributed by atoms with Crippen LogP contribution in [0.2, 0.25) is 0 Å². The van der Waals surface area contributed by atoms with E-state index in [4.69, 9.17) is 4.74 Å². The van der Waals surface area contributed by atoms with Crippen molar-refractivity contribution < 1.29 is 14.3 Å². The molecular formula is C22H21N3O3. The third-order valence-electron chi connectivity index (χ3n) is 3.97. The van der Waals surface area contributed by atoms with Crippen LogP contribution >= 0.6 is 0 Å². The summed E-state index contributed by atoms with van der Waals surface area (Å²) in [5.41, 5.74) is 2.96. The molecule has 0 aliphatic carbocycles. The van der Waals surface area contributed by atoms with Crippen LogP contribution in [0, 0.1) is 0 Å². The number of rotatable bonds is 7. The van der Waals surface area contributed by atoms with Gasteiger partial charge in [0.1, 0.15) is 11.4 Å². The number of ether oxygens (including phenoxy) is 1. The fourth-order valence-corrected chi connectivity index (χ4v) is 2.61. The van der Waals surface area contributed by atoms with Crippen molar-refractivity contribution in [2.75, 3.05) is 17.2 Å². The average molecular weight is 375 g/mol. The standard InChI is InChI=1S/C22H21N3O3/c1-3-28-20-9-7-17(8-10-20)24-19-11-12-23-21(14-19)22(27)25-18-6-4-5-16(13-18)15(2)26/h4-14H,3H2,1-2H3,(H,23,24)(H,25,27). The van der Waals surface area contributed by atoms with Crippen molar-refractivity contribution >= 4 is 28.8 Å². The van der Waals surface area contributed by atoms with Crippen molar-refractivity contribution in [1.29, 1.82) is 0 Å². The van der Waals surface area contributed by atoms with E-state index in [0.717, 1.165) is 17.1 Å². The van der Waals surface area contributed by atoms with Crippen LogP contribution < -0.4 is 15.4 Å². The highest BCUT2D eigenvalue weighted by Crippen LogP contribution is 2.21. The van der Waals surface area contributed by atoms with Gasteiger partial charge in [0.15, 0.2) is 5.78 Å². The number of ketones is 1. The highest BCUT2D eigenvalue weighted by Gasteiger charge is 2.10. The molecule has 0 saturated heterocycles.